The van der Waals surface area contributed by atoms with Gasteiger partial charge in [-0.15, -0.1) is 0 Å². The molecule has 0 aliphatic heterocycles. The van der Waals surface area contributed by atoms with Gasteiger partial charge in [-0.05, 0) is 29.5 Å². The van der Waals surface area contributed by atoms with Gasteiger partial charge in [-0.2, -0.15) is 5.26 Å². The van der Waals surface area contributed by atoms with E-state index in [1.807, 2.05) is 18.2 Å². The number of amides is 2. The predicted octanol–water partition coefficient (Wildman–Crippen LogP) is 1.87. The molecule has 0 bridgehead atoms. The van der Waals surface area contributed by atoms with Gasteiger partial charge in [0.05, 0.1) is 6.07 Å². The van der Waals surface area contributed by atoms with E-state index in [0.717, 1.165) is 5.56 Å². The van der Waals surface area contributed by atoms with Gasteiger partial charge in [0, 0.05) is 12.0 Å². The molecule has 2 amide bonds. The molecule has 0 saturated heterocycles. The number of nitrogens with one attached hydrogen (secondary N) is 1. The SMILES string of the molecule is CC(C)(C)c1ccc(C(=O)N[C@H](CCC#N)C(N)=O)cc1. The first kappa shape index (κ1) is 16.7. The highest BCUT2D eigenvalue weighted by Gasteiger charge is 2.19. The van der Waals surface area contributed by atoms with Crippen molar-refractivity contribution in [3.8, 4) is 6.07 Å². The number of carbonyl (C=O) groups excluding carboxylic acids is 2. The van der Waals surface area contributed by atoms with Crippen LogP contribution >= 0.6 is 0 Å². The summed E-state index contributed by atoms with van der Waals surface area (Å²) in [6, 6.07) is 8.34. The first-order valence-corrected chi connectivity index (χ1v) is 6.83. The van der Waals surface area contributed by atoms with E-state index in [0.29, 0.717) is 5.56 Å². The highest BCUT2D eigenvalue weighted by Crippen LogP contribution is 2.22. The van der Waals surface area contributed by atoms with Crippen LogP contribution in [0.5, 0.6) is 0 Å². The lowest BCUT2D eigenvalue weighted by Crippen LogP contribution is -2.44. The van der Waals surface area contributed by atoms with Gasteiger partial charge < -0.3 is 11.1 Å². The Kier molecular flexibility index (Phi) is 5.48. The minimum Gasteiger partial charge on any atom is -0.368 e. The van der Waals surface area contributed by atoms with Crippen molar-refractivity contribution in [1.29, 1.82) is 5.26 Å². The van der Waals surface area contributed by atoms with Crippen LogP contribution in [0.25, 0.3) is 0 Å². The Labute approximate surface area is 125 Å². The van der Waals surface area contributed by atoms with Crippen LogP contribution in [0.4, 0.5) is 0 Å². The van der Waals surface area contributed by atoms with Gasteiger partial charge in [0.1, 0.15) is 6.04 Å². The Morgan fingerprint density at radius 2 is 1.86 bits per heavy atom. The van der Waals surface area contributed by atoms with Gasteiger partial charge in [-0.3, -0.25) is 9.59 Å². The minimum atomic E-state index is -0.820. The highest BCUT2D eigenvalue weighted by molar-refractivity contribution is 5.97. The molecule has 0 aliphatic carbocycles. The van der Waals surface area contributed by atoms with E-state index < -0.39 is 11.9 Å². The molecule has 1 aromatic rings. The average Bonchev–Trinajstić information content (AvgIpc) is 2.42. The number of carbonyl (C=O) groups is 2. The third-order valence-electron chi connectivity index (χ3n) is 3.21. The molecule has 0 heterocycles. The average molecular weight is 287 g/mol. The molecule has 0 fully saturated rings. The fraction of sp³-hybridized carbons (Fsp3) is 0.438. The van der Waals surface area contributed by atoms with Crippen LogP contribution in [0, 0.1) is 11.3 Å². The molecule has 112 valence electrons. The number of hydrogen-bond donors (Lipinski definition) is 2. The molecule has 1 atom stereocenters. The summed E-state index contributed by atoms with van der Waals surface area (Å²) < 4.78 is 0. The third kappa shape index (κ3) is 4.92. The number of benzene rings is 1. The topological polar surface area (TPSA) is 96.0 Å². The second kappa shape index (κ2) is 6.89. The van der Waals surface area contributed by atoms with Crippen molar-refractivity contribution >= 4 is 11.8 Å². The normalized spacial score (nSPS) is 12.3. The number of nitrogens with two attached hydrogens (primary N) is 1. The maximum atomic E-state index is 12.1. The second-order valence-electron chi connectivity index (χ2n) is 5.95. The summed E-state index contributed by atoms with van der Waals surface area (Å²) >= 11 is 0. The van der Waals surface area contributed by atoms with Gasteiger partial charge in [0.25, 0.3) is 5.91 Å². The number of rotatable bonds is 5. The number of primary amides is 1. The predicted molar refractivity (Wildman–Crippen MR) is 80.4 cm³/mol. The van der Waals surface area contributed by atoms with Crippen molar-refractivity contribution in [2.75, 3.05) is 0 Å². The van der Waals surface area contributed by atoms with Gasteiger partial charge >= 0.3 is 0 Å². The van der Waals surface area contributed by atoms with Crippen LogP contribution in [-0.2, 0) is 10.2 Å². The van der Waals surface area contributed by atoms with E-state index in [4.69, 9.17) is 11.0 Å². The summed E-state index contributed by atoms with van der Waals surface area (Å²) in [4.78, 5) is 23.3. The zero-order valence-corrected chi connectivity index (χ0v) is 12.6. The first-order valence-electron chi connectivity index (χ1n) is 6.83. The van der Waals surface area contributed by atoms with Crippen molar-refractivity contribution in [1.82, 2.24) is 5.32 Å². The van der Waals surface area contributed by atoms with Crippen LogP contribution < -0.4 is 11.1 Å². The number of nitriles is 1. The lowest BCUT2D eigenvalue weighted by molar-refractivity contribution is -0.119. The van der Waals surface area contributed by atoms with E-state index in [9.17, 15) is 9.59 Å². The van der Waals surface area contributed by atoms with Crippen LogP contribution in [0.15, 0.2) is 24.3 Å². The van der Waals surface area contributed by atoms with Crippen molar-refractivity contribution in [2.24, 2.45) is 5.73 Å². The summed E-state index contributed by atoms with van der Waals surface area (Å²) in [6.45, 7) is 6.27. The standard InChI is InChI=1S/C16H21N3O2/c1-16(2,3)12-8-6-11(7-9-12)15(21)19-13(14(18)20)5-4-10-17/h6-9,13H,4-5H2,1-3H3,(H2,18,20)(H,19,21)/t13-/m1/s1. The lowest BCUT2D eigenvalue weighted by atomic mass is 9.86. The zero-order chi connectivity index (χ0) is 16.0. The highest BCUT2D eigenvalue weighted by atomic mass is 16.2. The Morgan fingerprint density at radius 3 is 2.29 bits per heavy atom. The van der Waals surface area contributed by atoms with Crippen molar-refractivity contribution in [3.63, 3.8) is 0 Å². The van der Waals surface area contributed by atoms with Crippen molar-refractivity contribution < 1.29 is 9.59 Å². The largest absolute Gasteiger partial charge is 0.368 e. The van der Waals surface area contributed by atoms with E-state index in [1.54, 1.807) is 12.1 Å². The van der Waals surface area contributed by atoms with Crippen LogP contribution in [0.3, 0.4) is 0 Å². The molecule has 3 N–H and O–H groups in total. The Bertz CT molecular complexity index is 550. The molecular weight excluding hydrogens is 266 g/mol. The number of nitrogens with zero attached hydrogens (tertiary/aromatic N) is 1. The van der Waals surface area contributed by atoms with Crippen LogP contribution in [-0.4, -0.2) is 17.9 Å². The van der Waals surface area contributed by atoms with Gasteiger partial charge in [0.15, 0.2) is 0 Å². The van der Waals surface area contributed by atoms with Crippen molar-refractivity contribution in [2.45, 2.75) is 45.1 Å². The minimum absolute atomic E-state index is 0.0115. The fourth-order valence-electron chi connectivity index (χ4n) is 1.86. The van der Waals surface area contributed by atoms with Crippen LogP contribution in [0.1, 0.15) is 49.5 Å². The molecule has 0 unspecified atom stereocenters. The molecule has 0 spiro atoms. The van der Waals surface area contributed by atoms with E-state index in [-0.39, 0.29) is 24.2 Å². The van der Waals surface area contributed by atoms with Gasteiger partial charge in [-0.25, -0.2) is 0 Å². The molecular formula is C16H21N3O2. The second-order valence-corrected chi connectivity index (χ2v) is 5.95. The lowest BCUT2D eigenvalue weighted by Gasteiger charge is -2.19. The Balaban J connectivity index is 2.79. The van der Waals surface area contributed by atoms with Crippen LogP contribution in [0.2, 0.25) is 0 Å². The van der Waals surface area contributed by atoms with E-state index in [2.05, 4.69) is 26.1 Å². The van der Waals surface area contributed by atoms with E-state index >= 15 is 0 Å². The molecule has 0 aromatic heterocycles. The monoisotopic (exact) mass is 287 g/mol. The summed E-state index contributed by atoms with van der Waals surface area (Å²) in [5, 5.41) is 11.1. The fourth-order valence-corrected chi connectivity index (χ4v) is 1.86. The van der Waals surface area contributed by atoms with Gasteiger partial charge in [0.2, 0.25) is 5.91 Å². The molecule has 1 aromatic carbocycles. The first-order chi connectivity index (χ1) is 9.75. The number of hydrogen-bond acceptors (Lipinski definition) is 3. The summed E-state index contributed by atoms with van der Waals surface area (Å²) in [7, 11) is 0. The molecule has 5 nitrogen and oxygen atoms in total. The molecule has 21 heavy (non-hydrogen) atoms. The molecule has 0 aliphatic rings. The maximum Gasteiger partial charge on any atom is 0.251 e. The Morgan fingerprint density at radius 1 is 1.29 bits per heavy atom. The zero-order valence-electron chi connectivity index (χ0n) is 12.6. The summed E-state index contributed by atoms with van der Waals surface area (Å²) in [6.07, 6.45) is 0.383. The third-order valence-corrected chi connectivity index (χ3v) is 3.21. The maximum absolute atomic E-state index is 12.1. The summed E-state index contributed by atoms with van der Waals surface area (Å²) in [5.41, 5.74) is 6.82. The van der Waals surface area contributed by atoms with E-state index in [1.165, 1.54) is 0 Å². The van der Waals surface area contributed by atoms with Crippen molar-refractivity contribution in [3.05, 3.63) is 35.4 Å². The molecule has 1 rings (SSSR count). The Hall–Kier alpha value is -2.35. The molecule has 0 saturated carbocycles. The van der Waals surface area contributed by atoms with Gasteiger partial charge in [-0.1, -0.05) is 32.9 Å². The summed E-state index contributed by atoms with van der Waals surface area (Å²) in [5.74, 6) is -0.998. The molecule has 0 radical (unpaired) electrons. The molecule has 5 heteroatoms. The smallest absolute Gasteiger partial charge is 0.251 e. The quantitative estimate of drug-likeness (QED) is 0.865.